The molecule has 0 saturated carbocycles. The summed E-state index contributed by atoms with van der Waals surface area (Å²) in [5.74, 6) is -1.05. The molecule has 0 saturated heterocycles. The Hall–Kier alpha value is -1.06. The van der Waals surface area contributed by atoms with Crippen molar-refractivity contribution in [2.24, 2.45) is 23.5 Å². The van der Waals surface area contributed by atoms with E-state index in [1.165, 1.54) is 0 Å². The van der Waals surface area contributed by atoms with Gasteiger partial charge < -0.3 is 11.1 Å². The second-order valence-corrected chi connectivity index (χ2v) is 6.66. The van der Waals surface area contributed by atoms with Crippen LogP contribution in [0.25, 0.3) is 0 Å². The molecule has 0 bridgehead atoms. The van der Waals surface area contributed by atoms with Gasteiger partial charge in [-0.3, -0.25) is 9.59 Å². The van der Waals surface area contributed by atoms with E-state index >= 15 is 0 Å². The van der Waals surface area contributed by atoms with Crippen molar-refractivity contribution < 1.29 is 9.59 Å². The van der Waals surface area contributed by atoms with Crippen molar-refractivity contribution in [3.63, 3.8) is 0 Å². The molecule has 0 aliphatic carbocycles. The number of amides is 2. The number of hydrogen-bond donors (Lipinski definition) is 2. The number of nitrogens with one attached hydrogen (secondary N) is 1. The predicted molar refractivity (Wildman–Crippen MR) is 78.4 cm³/mol. The number of unbranched alkanes of at least 4 members (excludes halogenated alkanes) is 1. The van der Waals surface area contributed by atoms with Gasteiger partial charge in [-0.2, -0.15) is 0 Å². The van der Waals surface area contributed by atoms with E-state index in [0.717, 1.165) is 12.8 Å². The minimum Gasteiger partial charge on any atom is -0.369 e. The lowest BCUT2D eigenvalue weighted by Gasteiger charge is -2.31. The summed E-state index contributed by atoms with van der Waals surface area (Å²) in [6, 6.07) is 0. The molecule has 4 heteroatoms. The highest BCUT2D eigenvalue weighted by Gasteiger charge is 2.35. The lowest BCUT2D eigenvalue weighted by atomic mass is 9.79. The van der Waals surface area contributed by atoms with E-state index in [9.17, 15) is 9.59 Å². The molecule has 0 aromatic carbocycles. The van der Waals surface area contributed by atoms with Crippen LogP contribution in [0.3, 0.4) is 0 Å². The maximum Gasteiger partial charge on any atom is 0.224 e. The monoisotopic (exact) mass is 270 g/mol. The molecule has 0 spiro atoms. The van der Waals surface area contributed by atoms with Gasteiger partial charge in [-0.05, 0) is 33.1 Å². The molecule has 112 valence electrons. The molecule has 19 heavy (non-hydrogen) atoms. The van der Waals surface area contributed by atoms with Gasteiger partial charge in [-0.25, -0.2) is 0 Å². The standard InChI is InChI=1S/C15H30N2O2/c1-7-8-9-11(13(16)18)12(10(2)3)14(19)17-15(4,5)6/h10-12H,7-9H2,1-6H3,(H2,16,18)(H,17,19)/t11-,12?/m0/s1. The summed E-state index contributed by atoms with van der Waals surface area (Å²) in [6.07, 6.45) is 2.60. The number of carbonyl (C=O) groups excluding carboxylic acids is 2. The summed E-state index contributed by atoms with van der Waals surface area (Å²) in [7, 11) is 0. The van der Waals surface area contributed by atoms with Crippen molar-refractivity contribution >= 4 is 11.8 Å². The third kappa shape index (κ3) is 6.60. The second kappa shape index (κ2) is 7.51. The van der Waals surface area contributed by atoms with Crippen LogP contribution < -0.4 is 11.1 Å². The van der Waals surface area contributed by atoms with Gasteiger partial charge in [-0.1, -0.05) is 33.6 Å². The fourth-order valence-corrected chi connectivity index (χ4v) is 2.33. The molecule has 0 aliphatic rings. The minimum absolute atomic E-state index is 0.0672. The van der Waals surface area contributed by atoms with Crippen LogP contribution in [0.4, 0.5) is 0 Å². The number of carbonyl (C=O) groups is 2. The maximum atomic E-state index is 12.4. The zero-order valence-electron chi connectivity index (χ0n) is 13.2. The lowest BCUT2D eigenvalue weighted by Crippen LogP contribution is -2.49. The van der Waals surface area contributed by atoms with Gasteiger partial charge in [0.2, 0.25) is 11.8 Å². The average Bonchev–Trinajstić information content (AvgIpc) is 2.19. The van der Waals surface area contributed by atoms with Crippen LogP contribution in [0.15, 0.2) is 0 Å². The van der Waals surface area contributed by atoms with Crippen molar-refractivity contribution in [1.29, 1.82) is 0 Å². The third-order valence-corrected chi connectivity index (χ3v) is 3.19. The summed E-state index contributed by atoms with van der Waals surface area (Å²) >= 11 is 0. The number of primary amides is 1. The van der Waals surface area contributed by atoms with Crippen LogP contribution in [-0.4, -0.2) is 17.4 Å². The van der Waals surface area contributed by atoms with Gasteiger partial charge >= 0.3 is 0 Å². The van der Waals surface area contributed by atoms with Crippen molar-refractivity contribution in [1.82, 2.24) is 5.32 Å². The highest BCUT2D eigenvalue weighted by atomic mass is 16.2. The lowest BCUT2D eigenvalue weighted by molar-refractivity contribution is -0.136. The number of nitrogens with two attached hydrogens (primary N) is 1. The Morgan fingerprint density at radius 1 is 1.21 bits per heavy atom. The van der Waals surface area contributed by atoms with E-state index in [1.54, 1.807) is 0 Å². The first-order valence-electron chi connectivity index (χ1n) is 7.21. The second-order valence-electron chi connectivity index (χ2n) is 6.66. The van der Waals surface area contributed by atoms with Gasteiger partial charge in [0.05, 0.1) is 5.92 Å². The van der Waals surface area contributed by atoms with Crippen molar-refractivity contribution in [3.05, 3.63) is 0 Å². The van der Waals surface area contributed by atoms with E-state index < -0.39 is 0 Å². The molecule has 0 aromatic rings. The molecule has 0 aromatic heterocycles. The summed E-state index contributed by atoms with van der Waals surface area (Å²) in [4.78, 5) is 24.1. The molecule has 2 amide bonds. The molecule has 0 rings (SSSR count). The fourth-order valence-electron chi connectivity index (χ4n) is 2.33. The van der Waals surface area contributed by atoms with Gasteiger partial charge in [0.15, 0.2) is 0 Å². The molecule has 1 unspecified atom stereocenters. The fraction of sp³-hybridized carbons (Fsp3) is 0.867. The highest BCUT2D eigenvalue weighted by molar-refractivity contribution is 5.87. The van der Waals surface area contributed by atoms with E-state index in [-0.39, 0.29) is 35.1 Å². The van der Waals surface area contributed by atoms with Gasteiger partial charge in [0.1, 0.15) is 0 Å². The Labute approximate surface area is 117 Å². The Bertz CT molecular complexity index is 306. The maximum absolute atomic E-state index is 12.4. The molecular formula is C15H30N2O2. The minimum atomic E-state index is -0.373. The molecular weight excluding hydrogens is 240 g/mol. The molecule has 0 aliphatic heterocycles. The molecule has 3 N–H and O–H groups in total. The number of hydrogen-bond acceptors (Lipinski definition) is 2. The van der Waals surface area contributed by atoms with Crippen molar-refractivity contribution in [2.75, 3.05) is 0 Å². The van der Waals surface area contributed by atoms with Crippen molar-refractivity contribution in [3.8, 4) is 0 Å². The zero-order valence-corrected chi connectivity index (χ0v) is 13.2. The molecule has 2 atom stereocenters. The van der Waals surface area contributed by atoms with E-state index in [2.05, 4.69) is 12.2 Å². The normalized spacial score (nSPS) is 15.1. The van der Waals surface area contributed by atoms with Gasteiger partial charge in [0.25, 0.3) is 0 Å². The average molecular weight is 270 g/mol. The molecule has 0 heterocycles. The zero-order chi connectivity index (χ0) is 15.2. The van der Waals surface area contributed by atoms with E-state index in [4.69, 9.17) is 5.73 Å². The Kier molecular flexibility index (Phi) is 7.09. The quantitative estimate of drug-likeness (QED) is 0.746. The molecule has 4 nitrogen and oxygen atoms in total. The van der Waals surface area contributed by atoms with Crippen LogP contribution in [0, 0.1) is 17.8 Å². The summed E-state index contributed by atoms with van der Waals surface area (Å²) in [5.41, 5.74) is 5.20. The summed E-state index contributed by atoms with van der Waals surface area (Å²) in [5, 5.41) is 2.97. The van der Waals surface area contributed by atoms with E-state index in [0.29, 0.717) is 6.42 Å². The van der Waals surface area contributed by atoms with Gasteiger partial charge in [0, 0.05) is 11.5 Å². The van der Waals surface area contributed by atoms with Crippen LogP contribution in [0.5, 0.6) is 0 Å². The van der Waals surface area contributed by atoms with Crippen LogP contribution >= 0.6 is 0 Å². The summed E-state index contributed by atoms with van der Waals surface area (Å²) < 4.78 is 0. The molecule has 0 radical (unpaired) electrons. The summed E-state index contributed by atoms with van der Waals surface area (Å²) in [6.45, 7) is 11.8. The Morgan fingerprint density at radius 3 is 2.05 bits per heavy atom. The van der Waals surface area contributed by atoms with Crippen LogP contribution in [0.2, 0.25) is 0 Å². The molecule has 0 fully saturated rings. The van der Waals surface area contributed by atoms with Crippen LogP contribution in [0.1, 0.15) is 60.8 Å². The predicted octanol–water partition coefficient (Wildman–Crippen LogP) is 2.46. The largest absolute Gasteiger partial charge is 0.369 e. The Morgan fingerprint density at radius 2 is 1.74 bits per heavy atom. The smallest absolute Gasteiger partial charge is 0.224 e. The van der Waals surface area contributed by atoms with Gasteiger partial charge in [-0.15, -0.1) is 0 Å². The SMILES string of the molecule is CCCC[C@H](C(N)=O)C(C(=O)NC(C)(C)C)C(C)C. The third-order valence-electron chi connectivity index (χ3n) is 3.19. The van der Waals surface area contributed by atoms with E-state index in [1.807, 2.05) is 34.6 Å². The first-order valence-corrected chi connectivity index (χ1v) is 7.21. The first-order chi connectivity index (χ1) is 8.60. The van der Waals surface area contributed by atoms with Crippen molar-refractivity contribution in [2.45, 2.75) is 66.3 Å². The first kappa shape index (κ1) is 17.9. The number of rotatable bonds is 7. The van der Waals surface area contributed by atoms with Crippen LogP contribution in [-0.2, 0) is 9.59 Å². The highest BCUT2D eigenvalue weighted by Crippen LogP contribution is 2.26. The topological polar surface area (TPSA) is 72.2 Å². The Balaban J connectivity index is 5.03.